The maximum Gasteiger partial charge on any atom is 0.326 e. The van der Waals surface area contributed by atoms with Gasteiger partial charge in [0, 0.05) is 23.5 Å². The number of fused-ring (bicyclic) bond motifs is 1. The molecule has 1 aromatic heterocycles. The summed E-state index contributed by atoms with van der Waals surface area (Å²) < 4.78 is 0. The Hall–Kier alpha value is -3.58. The lowest BCUT2D eigenvalue weighted by atomic mass is 9.96. The first-order valence-electron chi connectivity index (χ1n) is 12.6. The minimum Gasteiger partial charge on any atom is -0.481 e. The molecule has 0 radical (unpaired) electrons. The van der Waals surface area contributed by atoms with Gasteiger partial charge in [0.15, 0.2) is 0 Å². The highest BCUT2D eigenvalue weighted by atomic mass is 32.2. The van der Waals surface area contributed by atoms with E-state index in [2.05, 4.69) is 20.9 Å². The molecule has 13 heteroatoms. The van der Waals surface area contributed by atoms with Gasteiger partial charge in [-0.2, -0.15) is 11.8 Å². The van der Waals surface area contributed by atoms with E-state index in [0.717, 1.165) is 10.9 Å². The summed E-state index contributed by atoms with van der Waals surface area (Å²) in [5.41, 5.74) is 7.46. The normalized spacial score (nSPS) is 15.0. The largest absolute Gasteiger partial charge is 0.481 e. The molecule has 39 heavy (non-hydrogen) atoms. The van der Waals surface area contributed by atoms with E-state index in [1.54, 1.807) is 24.9 Å². The average Bonchev–Trinajstić information content (AvgIpc) is 3.31. The average molecular weight is 564 g/mol. The lowest BCUT2D eigenvalue weighted by molar-refractivity contribution is -0.147. The van der Waals surface area contributed by atoms with E-state index >= 15 is 0 Å². The third-order valence-corrected chi connectivity index (χ3v) is 7.13. The molecule has 0 saturated carbocycles. The Morgan fingerprint density at radius 1 is 1.00 bits per heavy atom. The number of aromatic amines is 1. The fraction of sp³-hybridized carbons (Fsp3) is 0.500. The maximum atomic E-state index is 13.5. The van der Waals surface area contributed by atoms with Crippen molar-refractivity contribution < 1.29 is 34.2 Å². The first kappa shape index (κ1) is 31.6. The quantitative estimate of drug-likeness (QED) is 0.154. The van der Waals surface area contributed by atoms with Crippen LogP contribution in [-0.4, -0.2) is 81.0 Å². The summed E-state index contributed by atoms with van der Waals surface area (Å²) in [5.74, 6) is -4.56. The van der Waals surface area contributed by atoms with Crippen molar-refractivity contribution in [3.8, 4) is 0 Å². The number of nitrogens with two attached hydrogens (primary N) is 1. The van der Waals surface area contributed by atoms with Crippen molar-refractivity contribution in [1.29, 1.82) is 0 Å². The van der Waals surface area contributed by atoms with E-state index in [-0.39, 0.29) is 12.3 Å². The van der Waals surface area contributed by atoms with Crippen molar-refractivity contribution in [3.63, 3.8) is 0 Å². The number of H-pyrrole nitrogens is 1. The molecule has 1 heterocycles. The number of carboxylic acids is 2. The number of hydrogen-bond donors (Lipinski definition) is 7. The van der Waals surface area contributed by atoms with Crippen LogP contribution in [0.4, 0.5) is 0 Å². The highest BCUT2D eigenvalue weighted by Crippen LogP contribution is 2.20. The lowest BCUT2D eigenvalue weighted by Gasteiger charge is -2.28. The van der Waals surface area contributed by atoms with Gasteiger partial charge in [0.1, 0.15) is 18.1 Å². The summed E-state index contributed by atoms with van der Waals surface area (Å²) in [7, 11) is 0. The first-order valence-corrected chi connectivity index (χ1v) is 14.0. The number of amides is 3. The number of nitrogens with one attached hydrogen (secondary N) is 4. The Morgan fingerprint density at radius 2 is 1.67 bits per heavy atom. The molecule has 2 aromatic rings. The number of para-hydroxylation sites is 1. The Labute approximate surface area is 230 Å². The zero-order chi connectivity index (χ0) is 29.1. The number of hydrogen-bond acceptors (Lipinski definition) is 7. The summed E-state index contributed by atoms with van der Waals surface area (Å²) in [6.45, 7) is 3.63. The van der Waals surface area contributed by atoms with Crippen molar-refractivity contribution in [1.82, 2.24) is 20.9 Å². The predicted molar refractivity (Wildman–Crippen MR) is 148 cm³/mol. The summed E-state index contributed by atoms with van der Waals surface area (Å²) in [5, 5.41) is 26.8. The van der Waals surface area contributed by atoms with Crippen molar-refractivity contribution in [2.45, 2.75) is 63.7 Å². The summed E-state index contributed by atoms with van der Waals surface area (Å²) >= 11 is 1.54. The molecule has 0 fully saturated rings. The maximum absolute atomic E-state index is 13.5. The van der Waals surface area contributed by atoms with Crippen LogP contribution in [0, 0.1) is 5.92 Å². The Kier molecular flexibility index (Phi) is 12.3. The molecular formula is C26H37N5O7S. The van der Waals surface area contributed by atoms with Gasteiger partial charge in [-0.05, 0) is 36.0 Å². The van der Waals surface area contributed by atoms with Gasteiger partial charge in [0.25, 0.3) is 0 Å². The van der Waals surface area contributed by atoms with E-state index in [1.165, 1.54) is 0 Å². The molecule has 0 saturated heterocycles. The molecule has 12 nitrogen and oxygen atoms in total. The van der Waals surface area contributed by atoms with Crippen LogP contribution in [-0.2, 0) is 30.4 Å². The van der Waals surface area contributed by atoms with Crippen molar-refractivity contribution in [3.05, 3.63) is 36.0 Å². The van der Waals surface area contributed by atoms with Crippen LogP contribution >= 0.6 is 11.8 Å². The minimum atomic E-state index is -1.70. The summed E-state index contributed by atoms with van der Waals surface area (Å²) in [4.78, 5) is 65.2. The van der Waals surface area contributed by atoms with Gasteiger partial charge in [0.05, 0.1) is 12.5 Å². The summed E-state index contributed by atoms with van der Waals surface area (Å²) in [6, 6.07) is 2.55. The molecule has 214 valence electrons. The van der Waals surface area contributed by atoms with Crippen molar-refractivity contribution in [2.24, 2.45) is 11.7 Å². The monoisotopic (exact) mass is 563 g/mol. The zero-order valence-electron chi connectivity index (χ0n) is 22.2. The van der Waals surface area contributed by atoms with Gasteiger partial charge in [-0.25, -0.2) is 4.79 Å². The zero-order valence-corrected chi connectivity index (χ0v) is 23.0. The van der Waals surface area contributed by atoms with Crippen LogP contribution in [0.1, 0.15) is 38.7 Å². The predicted octanol–water partition coefficient (Wildman–Crippen LogP) is 0.851. The van der Waals surface area contributed by atoms with Crippen LogP contribution in [0.3, 0.4) is 0 Å². The van der Waals surface area contributed by atoms with E-state index in [0.29, 0.717) is 24.2 Å². The minimum absolute atomic E-state index is 0.0184. The van der Waals surface area contributed by atoms with E-state index < -0.39 is 60.2 Å². The third kappa shape index (κ3) is 9.29. The van der Waals surface area contributed by atoms with Gasteiger partial charge >= 0.3 is 11.9 Å². The molecule has 5 unspecified atom stereocenters. The van der Waals surface area contributed by atoms with Gasteiger partial charge < -0.3 is 36.9 Å². The molecule has 2 rings (SSSR count). The van der Waals surface area contributed by atoms with Gasteiger partial charge in [-0.3, -0.25) is 19.2 Å². The van der Waals surface area contributed by atoms with Gasteiger partial charge in [-0.15, -0.1) is 0 Å². The van der Waals surface area contributed by atoms with Crippen molar-refractivity contribution >= 4 is 52.3 Å². The van der Waals surface area contributed by atoms with Crippen LogP contribution in [0.15, 0.2) is 30.5 Å². The molecule has 1 aromatic carbocycles. The number of carboxylic acid groups (broad SMARTS) is 2. The number of aliphatic carboxylic acids is 2. The van der Waals surface area contributed by atoms with Crippen LogP contribution in [0.25, 0.3) is 10.9 Å². The number of carbonyl (C=O) groups is 5. The van der Waals surface area contributed by atoms with Crippen molar-refractivity contribution in [2.75, 3.05) is 12.0 Å². The molecular weight excluding hydrogens is 526 g/mol. The lowest BCUT2D eigenvalue weighted by Crippen LogP contribution is -2.59. The number of rotatable bonds is 16. The topological polar surface area (TPSA) is 204 Å². The van der Waals surface area contributed by atoms with Crippen LogP contribution < -0.4 is 21.7 Å². The fourth-order valence-electron chi connectivity index (χ4n) is 3.98. The second-order valence-corrected chi connectivity index (χ2v) is 10.4. The molecule has 5 atom stereocenters. The smallest absolute Gasteiger partial charge is 0.326 e. The van der Waals surface area contributed by atoms with E-state index in [9.17, 15) is 29.1 Å². The number of benzene rings is 1. The fourth-order valence-corrected chi connectivity index (χ4v) is 4.47. The standard InChI is InChI=1S/C26H37N5O7S/c1-4-14(2)22(31-23(34)17(27)9-10-39-3)25(36)29-19(24(35)30-20(26(37)38)12-21(32)33)11-15-13-28-18-8-6-5-7-16(15)18/h5-8,13-14,17,19-20,22,28H,4,9-12,27H2,1-3H3,(H,29,36)(H,30,35)(H,31,34)(H,32,33)(H,37,38). The SMILES string of the molecule is CCC(C)C(NC(=O)C(N)CCSC)C(=O)NC(Cc1c[nH]c2ccccc12)C(=O)NC(CC(=O)O)C(=O)O. The Morgan fingerprint density at radius 3 is 2.28 bits per heavy atom. The van der Waals surface area contributed by atoms with E-state index in [4.69, 9.17) is 10.8 Å². The molecule has 0 aliphatic carbocycles. The van der Waals surface area contributed by atoms with Crippen LogP contribution in [0.2, 0.25) is 0 Å². The first-order chi connectivity index (χ1) is 18.5. The second kappa shape index (κ2) is 15.1. The number of carbonyl (C=O) groups excluding carboxylic acids is 3. The molecule has 3 amide bonds. The summed E-state index contributed by atoms with van der Waals surface area (Å²) in [6.07, 6.45) is 3.68. The highest BCUT2D eigenvalue weighted by Gasteiger charge is 2.33. The van der Waals surface area contributed by atoms with Gasteiger partial charge in [0.2, 0.25) is 17.7 Å². The van der Waals surface area contributed by atoms with Gasteiger partial charge in [-0.1, -0.05) is 38.5 Å². The van der Waals surface area contributed by atoms with Crippen LogP contribution in [0.5, 0.6) is 0 Å². The Bertz CT molecular complexity index is 1170. The third-order valence-electron chi connectivity index (χ3n) is 6.49. The molecule has 0 bridgehead atoms. The van der Waals surface area contributed by atoms with E-state index in [1.807, 2.05) is 37.4 Å². The Balaban J connectivity index is 2.33. The molecule has 8 N–H and O–H groups in total. The number of thioether (sulfide) groups is 1. The number of aromatic nitrogens is 1. The molecule has 0 aliphatic heterocycles. The second-order valence-electron chi connectivity index (χ2n) is 9.38. The highest BCUT2D eigenvalue weighted by molar-refractivity contribution is 7.98. The molecule has 0 spiro atoms. The molecule has 0 aliphatic rings.